The number of piperidine rings is 1. The van der Waals surface area contributed by atoms with Crippen molar-refractivity contribution in [1.82, 2.24) is 4.90 Å². The molecule has 1 aromatic carbocycles. The van der Waals surface area contributed by atoms with Gasteiger partial charge in [-0.2, -0.15) is 0 Å². The summed E-state index contributed by atoms with van der Waals surface area (Å²) in [7, 11) is 0. The van der Waals surface area contributed by atoms with Crippen molar-refractivity contribution in [1.29, 1.82) is 0 Å². The van der Waals surface area contributed by atoms with E-state index in [4.69, 9.17) is 11.6 Å². The average molecular weight is 224 g/mol. The average Bonchev–Trinajstić information content (AvgIpc) is 2.22. The van der Waals surface area contributed by atoms with E-state index >= 15 is 0 Å². The van der Waals surface area contributed by atoms with Crippen LogP contribution in [0.1, 0.15) is 25.3 Å². The highest BCUT2D eigenvalue weighted by Gasteiger charge is 2.16. The Bertz CT molecular complexity index is 324. The first-order chi connectivity index (χ1) is 7.25. The van der Waals surface area contributed by atoms with Crippen molar-refractivity contribution in [2.75, 3.05) is 13.1 Å². The smallest absolute Gasteiger partial charge is 0.0451 e. The Morgan fingerprint density at radius 1 is 1.40 bits per heavy atom. The van der Waals surface area contributed by atoms with Gasteiger partial charge >= 0.3 is 0 Å². The lowest BCUT2D eigenvalue weighted by Gasteiger charge is -2.31. The SMILES string of the molecule is C[C@@H]1CCCN(Cc2ccccc2Cl)C1. The fourth-order valence-electron chi connectivity index (χ4n) is 2.30. The molecule has 1 fully saturated rings. The van der Waals surface area contributed by atoms with E-state index in [0.29, 0.717) is 0 Å². The van der Waals surface area contributed by atoms with Crippen molar-refractivity contribution >= 4 is 11.6 Å². The van der Waals surface area contributed by atoms with Crippen LogP contribution in [-0.2, 0) is 6.54 Å². The number of likely N-dealkylation sites (tertiary alicyclic amines) is 1. The number of rotatable bonds is 2. The lowest BCUT2D eigenvalue weighted by atomic mass is 10.00. The van der Waals surface area contributed by atoms with Gasteiger partial charge < -0.3 is 0 Å². The summed E-state index contributed by atoms with van der Waals surface area (Å²) in [5.74, 6) is 0.834. The molecule has 0 N–H and O–H groups in total. The maximum absolute atomic E-state index is 6.15. The van der Waals surface area contributed by atoms with Crippen LogP contribution in [0.2, 0.25) is 5.02 Å². The van der Waals surface area contributed by atoms with Crippen LogP contribution in [0, 0.1) is 5.92 Å². The quantitative estimate of drug-likeness (QED) is 0.741. The van der Waals surface area contributed by atoms with Crippen LogP contribution in [0.25, 0.3) is 0 Å². The molecule has 1 aliphatic rings. The summed E-state index contributed by atoms with van der Waals surface area (Å²) >= 11 is 6.15. The van der Waals surface area contributed by atoms with E-state index in [1.54, 1.807) is 0 Å². The third kappa shape index (κ3) is 2.96. The fraction of sp³-hybridized carbons (Fsp3) is 0.538. The molecule has 0 radical (unpaired) electrons. The standard InChI is InChI=1S/C13H18ClN/c1-11-5-4-8-15(9-11)10-12-6-2-3-7-13(12)14/h2-3,6-7,11H,4-5,8-10H2,1H3/t11-/m1/s1. The zero-order chi connectivity index (χ0) is 10.7. The van der Waals surface area contributed by atoms with Crippen LogP contribution in [0.3, 0.4) is 0 Å². The van der Waals surface area contributed by atoms with E-state index in [9.17, 15) is 0 Å². The molecule has 1 nitrogen and oxygen atoms in total. The zero-order valence-corrected chi connectivity index (χ0v) is 10.0. The van der Waals surface area contributed by atoms with E-state index in [-0.39, 0.29) is 0 Å². The van der Waals surface area contributed by atoms with E-state index < -0.39 is 0 Å². The second-order valence-corrected chi connectivity index (χ2v) is 4.98. The van der Waals surface area contributed by atoms with Crippen molar-refractivity contribution in [2.45, 2.75) is 26.3 Å². The predicted octanol–water partition coefficient (Wildman–Crippen LogP) is 3.57. The third-order valence-corrected chi connectivity index (χ3v) is 3.46. The summed E-state index contributed by atoms with van der Waals surface area (Å²) in [6.07, 6.45) is 2.70. The molecule has 15 heavy (non-hydrogen) atoms. The van der Waals surface area contributed by atoms with Crippen LogP contribution in [0.15, 0.2) is 24.3 Å². The van der Waals surface area contributed by atoms with Crippen LogP contribution in [-0.4, -0.2) is 18.0 Å². The number of nitrogens with zero attached hydrogens (tertiary/aromatic N) is 1. The van der Waals surface area contributed by atoms with Gasteiger partial charge in [-0.3, -0.25) is 4.90 Å². The topological polar surface area (TPSA) is 3.24 Å². The Morgan fingerprint density at radius 3 is 2.93 bits per heavy atom. The Morgan fingerprint density at radius 2 is 2.20 bits per heavy atom. The largest absolute Gasteiger partial charge is 0.299 e. The van der Waals surface area contributed by atoms with Gasteiger partial charge in [0.1, 0.15) is 0 Å². The summed E-state index contributed by atoms with van der Waals surface area (Å²) in [6, 6.07) is 8.16. The van der Waals surface area contributed by atoms with Gasteiger partial charge in [-0.05, 0) is 36.9 Å². The lowest BCUT2D eigenvalue weighted by Crippen LogP contribution is -2.33. The van der Waals surface area contributed by atoms with Gasteiger partial charge in [0.25, 0.3) is 0 Å². The molecule has 1 heterocycles. The van der Waals surface area contributed by atoms with Gasteiger partial charge in [0, 0.05) is 18.1 Å². The highest BCUT2D eigenvalue weighted by Crippen LogP contribution is 2.21. The maximum atomic E-state index is 6.15. The highest BCUT2D eigenvalue weighted by molar-refractivity contribution is 6.31. The third-order valence-electron chi connectivity index (χ3n) is 3.09. The molecule has 1 aliphatic heterocycles. The Balaban J connectivity index is 1.99. The first-order valence-electron chi connectivity index (χ1n) is 5.71. The van der Waals surface area contributed by atoms with E-state index in [2.05, 4.69) is 24.0 Å². The van der Waals surface area contributed by atoms with Gasteiger partial charge in [0.05, 0.1) is 0 Å². The molecule has 1 atom stereocenters. The van der Waals surface area contributed by atoms with Gasteiger partial charge in [-0.25, -0.2) is 0 Å². The first kappa shape index (κ1) is 11.0. The molecule has 0 saturated carbocycles. The number of hydrogen-bond acceptors (Lipinski definition) is 1. The minimum absolute atomic E-state index is 0.834. The molecular weight excluding hydrogens is 206 g/mol. The summed E-state index contributed by atoms with van der Waals surface area (Å²) in [5, 5.41) is 0.899. The maximum Gasteiger partial charge on any atom is 0.0451 e. The second-order valence-electron chi connectivity index (χ2n) is 4.57. The van der Waals surface area contributed by atoms with Gasteiger partial charge in [-0.15, -0.1) is 0 Å². The molecule has 0 spiro atoms. The van der Waals surface area contributed by atoms with Crippen molar-refractivity contribution in [3.05, 3.63) is 34.9 Å². The molecule has 0 amide bonds. The molecule has 82 valence electrons. The van der Waals surface area contributed by atoms with Gasteiger partial charge in [0.2, 0.25) is 0 Å². The van der Waals surface area contributed by atoms with Crippen molar-refractivity contribution in [3.8, 4) is 0 Å². The summed E-state index contributed by atoms with van der Waals surface area (Å²) < 4.78 is 0. The summed E-state index contributed by atoms with van der Waals surface area (Å²) in [5.41, 5.74) is 1.26. The molecule has 1 saturated heterocycles. The highest BCUT2D eigenvalue weighted by atomic mass is 35.5. The fourth-order valence-corrected chi connectivity index (χ4v) is 2.49. The van der Waals surface area contributed by atoms with Crippen LogP contribution < -0.4 is 0 Å². The minimum atomic E-state index is 0.834. The lowest BCUT2D eigenvalue weighted by molar-refractivity contribution is 0.176. The minimum Gasteiger partial charge on any atom is -0.299 e. The normalized spacial score (nSPS) is 22.9. The molecule has 2 rings (SSSR count). The number of benzene rings is 1. The molecule has 0 aromatic heterocycles. The molecule has 0 aliphatic carbocycles. The second kappa shape index (κ2) is 5.00. The van der Waals surface area contributed by atoms with E-state index in [1.165, 1.54) is 31.5 Å². The number of halogens is 1. The number of hydrogen-bond donors (Lipinski definition) is 0. The summed E-state index contributed by atoms with van der Waals surface area (Å²) in [4.78, 5) is 2.51. The monoisotopic (exact) mass is 223 g/mol. The predicted molar refractivity (Wildman–Crippen MR) is 65.1 cm³/mol. The first-order valence-corrected chi connectivity index (χ1v) is 6.09. The molecule has 0 unspecified atom stereocenters. The molecule has 0 bridgehead atoms. The van der Waals surface area contributed by atoms with Gasteiger partial charge in [-0.1, -0.05) is 36.7 Å². The molecule has 2 heteroatoms. The van der Waals surface area contributed by atoms with Crippen molar-refractivity contribution < 1.29 is 0 Å². The zero-order valence-electron chi connectivity index (χ0n) is 9.25. The molecular formula is C13H18ClN. The Kier molecular flexibility index (Phi) is 3.66. The van der Waals surface area contributed by atoms with Crippen LogP contribution in [0.4, 0.5) is 0 Å². The Hall–Kier alpha value is -0.530. The van der Waals surface area contributed by atoms with Crippen molar-refractivity contribution in [2.24, 2.45) is 5.92 Å². The van der Waals surface area contributed by atoms with Crippen LogP contribution >= 0.6 is 11.6 Å². The summed E-state index contributed by atoms with van der Waals surface area (Å²) in [6.45, 7) is 5.77. The van der Waals surface area contributed by atoms with E-state index in [1.807, 2.05) is 12.1 Å². The Labute approximate surface area is 97.0 Å². The van der Waals surface area contributed by atoms with Crippen molar-refractivity contribution in [3.63, 3.8) is 0 Å². The van der Waals surface area contributed by atoms with Crippen LogP contribution in [0.5, 0.6) is 0 Å². The van der Waals surface area contributed by atoms with E-state index in [0.717, 1.165) is 17.5 Å². The molecule has 1 aromatic rings. The van der Waals surface area contributed by atoms with Gasteiger partial charge in [0.15, 0.2) is 0 Å².